The van der Waals surface area contributed by atoms with Gasteiger partial charge in [0, 0.05) is 0 Å². The van der Waals surface area contributed by atoms with Crippen LogP contribution >= 0.6 is 11.3 Å². The molecule has 3 heterocycles. The molecule has 0 saturated carbocycles. The monoisotopic (exact) mass is 508 g/mol. The van der Waals surface area contributed by atoms with Crippen LogP contribution in [0, 0.1) is 0 Å². The second-order valence-electron chi connectivity index (χ2n) is 8.08. The van der Waals surface area contributed by atoms with Crippen molar-refractivity contribution in [2.45, 2.75) is 26.8 Å². The second kappa shape index (κ2) is 9.54. The molecule has 2 aliphatic heterocycles. The molecule has 2 aliphatic rings. The fourth-order valence-electron chi connectivity index (χ4n) is 4.23. The number of ether oxygens (including phenoxy) is 4. The van der Waals surface area contributed by atoms with Crippen LogP contribution in [0.4, 0.5) is 0 Å². The van der Waals surface area contributed by atoms with Crippen LogP contribution in [0.1, 0.15) is 37.9 Å². The van der Waals surface area contributed by atoms with E-state index in [1.807, 2.05) is 13.0 Å². The number of aromatic nitrogens is 1. The Morgan fingerprint density at radius 2 is 2.00 bits per heavy atom. The van der Waals surface area contributed by atoms with E-state index in [9.17, 15) is 14.7 Å². The Labute approximate surface area is 210 Å². The lowest BCUT2D eigenvalue weighted by Crippen LogP contribution is -2.39. The van der Waals surface area contributed by atoms with Gasteiger partial charge in [-0.25, -0.2) is 9.79 Å². The average Bonchev–Trinajstić information content (AvgIpc) is 3.44. The van der Waals surface area contributed by atoms with Crippen LogP contribution in [0.15, 0.2) is 57.5 Å². The Morgan fingerprint density at radius 1 is 1.19 bits per heavy atom. The summed E-state index contributed by atoms with van der Waals surface area (Å²) in [5.41, 5.74) is 1.82. The Kier molecular flexibility index (Phi) is 6.27. The highest BCUT2D eigenvalue weighted by Crippen LogP contribution is 2.38. The number of rotatable bonds is 6. The third-order valence-corrected chi connectivity index (χ3v) is 6.79. The maximum absolute atomic E-state index is 13.7. The van der Waals surface area contributed by atoms with Gasteiger partial charge >= 0.3 is 5.97 Å². The van der Waals surface area contributed by atoms with Crippen molar-refractivity contribution < 1.29 is 28.8 Å². The molecule has 3 aromatic rings. The molecule has 10 heteroatoms. The molecule has 36 heavy (non-hydrogen) atoms. The molecular weight excluding hydrogens is 484 g/mol. The van der Waals surface area contributed by atoms with E-state index in [2.05, 4.69) is 4.99 Å². The maximum atomic E-state index is 13.7. The number of esters is 1. The third-order valence-electron chi connectivity index (χ3n) is 5.81. The predicted octanol–water partition coefficient (Wildman–Crippen LogP) is 2.63. The third kappa shape index (κ3) is 4.13. The average molecular weight is 509 g/mol. The SMILES string of the molecule is CCOC(=O)C1=C(C)N=c2s/c(=C\c3ccc(O)c(OCC)c3)c(=O)n2[C@H]1c1ccc2c(c1)OCO2. The van der Waals surface area contributed by atoms with Gasteiger partial charge in [-0.2, -0.15) is 0 Å². The van der Waals surface area contributed by atoms with Gasteiger partial charge in [0.25, 0.3) is 5.56 Å². The molecule has 0 saturated heterocycles. The van der Waals surface area contributed by atoms with Crippen molar-refractivity contribution in [1.29, 1.82) is 0 Å². The van der Waals surface area contributed by atoms with E-state index in [-0.39, 0.29) is 30.3 Å². The molecule has 0 fully saturated rings. The number of benzene rings is 2. The molecule has 0 amide bonds. The summed E-state index contributed by atoms with van der Waals surface area (Å²) in [6, 6.07) is 9.47. The first kappa shape index (κ1) is 23.7. The standard InChI is InChI=1S/C26H24N2O7S/c1-4-32-19-10-15(6-8-17(19)29)11-21-24(30)28-23(16-7-9-18-20(12-16)35-13-34-18)22(25(31)33-5-2)14(3)27-26(28)36-21/h6-12,23,29H,4-5,13H2,1-3H3/b21-11-/t23-/m0/s1. The lowest BCUT2D eigenvalue weighted by Gasteiger charge is -2.24. The van der Waals surface area contributed by atoms with Crippen molar-refractivity contribution >= 4 is 23.4 Å². The summed E-state index contributed by atoms with van der Waals surface area (Å²) in [4.78, 5) is 31.8. The lowest BCUT2D eigenvalue weighted by molar-refractivity contribution is -0.139. The van der Waals surface area contributed by atoms with Gasteiger partial charge in [-0.05, 0) is 62.2 Å². The van der Waals surface area contributed by atoms with Gasteiger partial charge < -0.3 is 24.1 Å². The van der Waals surface area contributed by atoms with Gasteiger partial charge in [-0.3, -0.25) is 9.36 Å². The molecule has 0 aliphatic carbocycles. The summed E-state index contributed by atoms with van der Waals surface area (Å²) in [5.74, 6) is 0.961. The molecular formula is C26H24N2O7S. The van der Waals surface area contributed by atoms with Gasteiger partial charge in [0.2, 0.25) is 6.79 Å². The van der Waals surface area contributed by atoms with Gasteiger partial charge in [0.1, 0.15) is 0 Å². The van der Waals surface area contributed by atoms with E-state index in [0.717, 1.165) is 0 Å². The van der Waals surface area contributed by atoms with Gasteiger partial charge in [0.15, 0.2) is 27.8 Å². The van der Waals surface area contributed by atoms with E-state index in [1.54, 1.807) is 44.2 Å². The smallest absolute Gasteiger partial charge is 0.338 e. The van der Waals surface area contributed by atoms with E-state index in [0.29, 0.717) is 50.0 Å². The number of phenols is 1. The second-order valence-corrected chi connectivity index (χ2v) is 9.08. The number of hydrogen-bond acceptors (Lipinski definition) is 9. The highest BCUT2D eigenvalue weighted by atomic mass is 32.1. The number of carbonyl (C=O) groups excluding carboxylic acids is 1. The maximum Gasteiger partial charge on any atom is 0.338 e. The topological polar surface area (TPSA) is 109 Å². The Hall–Kier alpha value is -4.05. The minimum atomic E-state index is -0.754. The molecule has 0 bridgehead atoms. The number of carbonyl (C=O) groups is 1. The minimum Gasteiger partial charge on any atom is -0.504 e. The number of nitrogens with zero attached hydrogens (tertiary/aromatic N) is 2. The van der Waals surface area contributed by atoms with Gasteiger partial charge in [-0.1, -0.05) is 23.5 Å². The minimum absolute atomic E-state index is 0.0213. The normalized spacial score (nSPS) is 16.5. The van der Waals surface area contributed by atoms with Crippen LogP contribution in [0.25, 0.3) is 6.08 Å². The fourth-order valence-corrected chi connectivity index (χ4v) is 5.28. The molecule has 186 valence electrons. The molecule has 5 rings (SSSR count). The number of phenolic OH excluding ortho intramolecular Hbond substituents is 1. The zero-order chi connectivity index (χ0) is 25.4. The summed E-state index contributed by atoms with van der Waals surface area (Å²) in [6.07, 6.45) is 1.71. The summed E-state index contributed by atoms with van der Waals surface area (Å²) < 4.78 is 23.7. The molecule has 0 unspecified atom stereocenters. The first-order chi connectivity index (χ1) is 17.4. The largest absolute Gasteiger partial charge is 0.504 e. The number of thiazole rings is 1. The number of hydrogen-bond donors (Lipinski definition) is 1. The first-order valence-corrected chi connectivity index (χ1v) is 12.3. The molecule has 1 aromatic heterocycles. The summed E-state index contributed by atoms with van der Waals surface area (Å²) in [7, 11) is 0. The van der Waals surface area contributed by atoms with Gasteiger partial charge in [-0.15, -0.1) is 0 Å². The summed E-state index contributed by atoms with van der Waals surface area (Å²) in [5, 5.41) is 10.0. The zero-order valence-corrected chi connectivity index (χ0v) is 20.8. The first-order valence-electron chi connectivity index (χ1n) is 11.5. The lowest BCUT2D eigenvalue weighted by atomic mass is 9.95. The highest BCUT2D eigenvalue weighted by Gasteiger charge is 2.34. The van der Waals surface area contributed by atoms with Crippen LogP contribution in [-0.2, 0) is 9.53 Å². The highest BCUT2D eigenvalue weighted by molar-refractivity contribution is 7.07. The zero-order valence-electron chi connectivity index (χ0n) is 19.9. The molecule has 1 atom stereocenters. The van der Waals surface area contributed by atoms with Crippen LogP contribution in [0.5, 0.6) is 23.0 Å². The summed E-state index contributed by atoms with van der Waals surface area (Å²) >= 11 is 1.22. The van der Waals surface area contributed by atoms with Crippen molar-refractivity contribution in [2.75, 3.05) is 20.0 Å². The predicted molar refractivity (Wildman–Crippen MR) is 132 cm³/mol. The number of aromatic hydroxyl groups is 1. The Balaban J connectivity index is 1.69. The number of fused-ring (bicyclic) bond motifs is 2. The van der Waals surface area contributed by atoms with E-state index >= 15 is 0 Å². The Morgan fingerprint density at radius 3 is 2.78 bits per heavy atom. The molecule has 0 spiro atoms. The molecule has 1 N–H and O–H groups in total. The summed E-state index contributed by atoms with van der Waals surface area (Å²) in [6.45, 7) is 5.98. The molecule has 2 aromatic carbocycles. The Bertz CT molecular complexity index is 1570. The van der Waals surface area contributed by atoms with Crippen LogP contribution in [0.2, 0.25) is 0 Å². The van der Waals surface area contributed by atoms with Crippen LogP contribution < -0.4 is 29.1 Å². The van der Waals surface area contributed by atoms with Crippen molar-refractivity contribution in [1.82, 2.24) is 4.57 Å². The quantitative estimate of drug-likeness (QED) is 0.510. The molecule has 9 nitrogen and oxygen atoms in total. The van der Waals surface area contributed by atoms with Crippen molar-refractivity contribution in [2.24, 2.45) is 4.99 Å². The van der Waals surface area contributed by atoms with Gasteiger partial charge in [0.05, 0.1) is 35.1 Å². The number of allylic oxidation sites excluding steroid dienone is 1. The van der Waals surface area contributed by atoms with Crippen molar-refractivity contribution in [3.63, 3.8) is 0 Å². The van der Waals surface area contributed by atoms with E-state index in [1.165, 1.54) is 22.0 Å². The fraction of sp³-hybridized carbons (Fsp3) is 0.269. The van der Waals surface area contributed by atoms with Crippen LogP contribution in [0.3, 0.4) is 0 Å². The van der Waals surface area contributed by atoms with Crippen molar-refractivity contribution in [3.05, 3.63) is 78.5 Å². The van der Waals surface area contributed by atoms with Crippen LogP contribution in [-0.4, -0.2) is 35.6 Å². The van der Waals surface area contributed by atoms with Crippen molar-refractivity contribution in [3.8, 4) is 23.0 Å². The van der Waals surface area contributed by atoms with E-state index in [4.69, 9.17) is 18.9 Å². The van der Waals surface area contributed by atoms with E-state index < -0.39 is 12.0 Å². The molecule has 0 radical (unpaired) electrons.